The van der Waals surface area contributed by atoms with Gasteiger partial charge in [0.25, 0.3) is 0 Å². The minimum Gasteiger partial charge on any atom is -0.461 e. The summed E-state index contributed by atoms with van der Waals surface area (Å²) in [5, 5.41) is 3.82. The molecule has 0 unspecified atom stereocenters. The highest BCUT2D eigenvalue weighted by atomic mass is 35.5. The van der Waals surface area contributed by atoms with E-state index in [0.717, 1.165) is 31.5 Å². The molecule has 2 heterocycles. The van der Waals surface area contributed by atoms with Crippen LogP contribution >= 0.6 is 11.6 Å². The number of likely N-dealkylation sites (tertiary alicyclic amines) is 1. The number of halogens is 2. The van der Waals surface area contributed by atoms with Crippen molar-refractivity contribution in [2.24, 2.45) is 5.92 Å². The first-order chi connectivity index (χ1) is 13.5. The second-order valence-electron chi connectivity index (χ2n) is 7.71. The van der Waals surface area contributed by atoms with Crippen LogP contribution in [0.1, 0.15) is 51.0 Å². The molecule has 0 spiro atoms. The molecule has 3 rings (SSSR count). The smallest absolute Gasteiger partial charge is 0.367 e. The molecule has 0 amide bonds. The lowest BCUT2D eigenvalue weighted by Crippen LogP contribution is -2.31. The molecule has 1 N–H and O–H groups in total. The number of carbonyl (C=O) groups is 1. The van der Waals surface area contributed by atoms with E-state index in [1.807, 2.05) is 0 Å². The third kappa shape index (κ3) is 5.92. The van der Waals surface area contributed by atoms with Crippen molar-refractivity contribution < 1.29 is 13.9 Å². The number of nitrogens with zero attached hydrogens (tertiary/aromatic N) is 2. The van der Waals surface area contributed by atoms with Crippen LogP contribution in [0.15, 0.2) is 18.1 Å². The van der Waals surface area contributed by atoms with Gasteiger partial charge in [0.1, 0.15) is 5.82 Å². The molecule has 1 aliphatic carbocycles. The number of hydrogen-bond acceptors (Lipinski definition) is 5. The summed E-state index contributed by atoms with van der Waals surface area (Å²) in [5.74, 6) is -0.506. The molecular weight excluding hydrogens is 381 g/mol. The molecule has 28 heavy (non-hydrogen) atoms. The third-order valence-electron chi connectivity index (χ3n) is 5.48. The standard InChI is InChI=1S/C21H29ClFN3O2/c1-2-28-21(27)19(23)11-16-10-18(22)20(24-12-16)25-17-8-9-26(14-17)13-15-6-4-3-5-7-15/h10-12,15,17H,2-9,13-14H2,1H3,(H,24,25)/b19-11-/t17-/m1/s1. The summed E-state index contributed by atoms with van der Waals surface area (Å²) in [4.78, 5) is 18.2. The fourth-order valence-electron chi connectivity index (χ4n) is 4.09. The summed E-state index contributed by atoms with van der Waals surface area (Å²) < 4.78 is 18.4. The number of aromatic nitrogens is 1. The highest BCUT2D eigenvalue weighted by Crippen LogP contribution is 2.27. The van der Waals surface area contributed by atoms with Gasteiger partial charge in [-0.3, -0.25) is 0 Å². The number of carbonyl (C=O) groups excluding carboxylic acids is 1. The van der Waals surface area contributed by atoms with Crippen molar-refractivity contribution in [3.05, 3.63) is 28.7 Å². The number of esters is 1. The van der Waals surface area contributed by atoms with Gasteiger partial charge in [-0.25, -0.2) is 9.78 Å². The van der Waals surface area contributed by atoms with E-state index < -0.39 is 11.8 Å². The summed E-state index contributed by atoms with van der Waals surface area (Å²) in [5.41, 5.74) is 0.423. The van der Waals surface area contributed by atoms with Crippen LogP contribution in [0.5, 0.6) is 0 Å². The van der Waals surface area contributed by atoms with Gasteiger partial charge in [-0.1, -0.05) is 30.9 Å². The highest BCUT2D eigenvalue weighted by molar-refractivity contribution is 6.33. The Morgan fingerprint density at radius 1 is 1.39 bits per heavy atom. The van der Waals surface area contributed by atoms with Crippen LogP contribution in [-0.2, 0) is 9.53 Å². The summed E-state index contributed by atoms with van der Waals surface area (Å²) in [6.45, 7) is 5.03. The zero-order valence-corrected chi connectivity index (χ0v) is 17.2. The van der Waals surface area contributed by atoms with Crippen LogP contribution in [0, 0.1) is 5.92 Å². The van der Waals surface area contributed by atoms with Crippen molar-refractivity contribution in [3.8, 4) is 0 Å². The Morgan fingerprint density at radius 3 is 2.89 bits per heavy atom. The molecule has 2 aliphatic rings. The molecule has 1 aromatic rings. The monoisotopic (exact) mass is 409 g/mol. The van der Waals surface area contributed by atoms with Gasteiger partial charge in [-0.05, 0) is 49.8 Å². The number of nitrogens with one attached hydrogen (secondary N) is 1. The molecular formula is C21H29ClFN3O2. The Kier molecular flexibility index (Phi) is 7.68. The molecule has 0 radical (unpaired) electrons. The molecule has 1 aliphatic heterocycles. The topological polar surface area (TPSA) is 54.5 Å². The molecule has 1 atom stereocenters. The maximum atomic E-state index is 13.8. The summed E-state index contributed by atoms with van der Waals surface area (Å²) in [6.07, 6.45) is 10.5. The third-order valence-corrected chi connectivity index (χ3v) is 5.77. The zero-order chi connectivity index (χ0) is 19.9. The number of hydrogen-bond donors (Lipinski definition) is 1. The Balaban J connectivity index is 1.53. The number of rotatable bonds is 7. The van der Waals surface area contributed by atoms with Crippen molar-refractivity contribution >= 4 is 29.5 Å². The van der Waals surface area contributed by atoms with Crippen LogP contribution in [0.2, 0.25) is 5.02 Å². The van der Waals surface area contributed by atoms with Crippen LogP contribution in [-0.4, -0.2) is 48.1 Å². The maximum absolute atomic E-state index is 13.8. The van der Waals surface area contributed by atoms with E-state index in [0.29, 0.717) is 22.4 Å². The molecule has 2 fully saturated rings. The van der Waals surface area contributed by atoms with Gasteiger partial charge < -0.3 is 15.0 Å². The Bertz CT molecular complexity index is 707. The van der Waals surface area contributed by atoms with E-state index in [-0.39, 0.29) is 6.61 Å². The van der Waals surface area contributed by atoms with Gasteiger partial charge in [0, 0.05) is 31.9 Å². The Labute approximate surface area is 171 Å². The predicted octanol–water partition coefficient (Wildman–Crippen LogP) is 4.68. The van der Waals surface area contributed by atoms with Crippen LogP contribution < -0.4 is 5.32 Å². The van der Waals surface area contributed by atoms with Gasteiger partial charge in [-0.2, -0.15) is 4.39 Å². The molecule has 0 aromatic carbocycles. The van der Waals surface area contributed by atoms with E-state index in [2.05, 4.69) is 19.9 Å². The molecule has 1 saturated carbocycles. The van der Waals surface area contributed by atoms with Crippen LogP contribution in [0.25, 0.3) is 6.08 Å². The number of pyridine rings is 1. The fraction of sp³-hybridized carbons (Fsp3) is 0.619. The van der Waals surface area contributed by atoms with E-state index >= 15 is 0 Å². The Hall–Kier alpha value is -1.66. The van der Waals surface area contributed by atoms with E-state index in [9.17, 15) is 9.18 Å². The maximum Gasteiger partial charge on any atom is 0.367 e. The lowest BCUT2D eigenvalue weighted by Gasteiger charge is -2.26. The highest BCUT2D eigenvalue weighted by Gasteiger charge is 2.26. The quantitative estimate of drug-likeness (QED) is 0.523. The molecule has 154 valence electrons. The van der Waals surface area contributed by atoms with Gasteiger partial charge in [0.2, 0.25) is 5.83 Å². The van der Waals surface area contributed by atoms with Gasteiger partial charge in [0.05, 0.1) is 11.6 Å². The minimum absolute atomic E-state index is 0.126. The molecule has 5 nitrogen and oxygen atoms in total. The average Bonchev–Trinajstić information content (AvgIpc) is 3.12. The first-order valence-electron chi connectivity index (χ1n) is 10.2. The fourth-order valence-corrected chi connectivity index (χ4v) is 4.32. The lowest BCUT2D eigenvalue weighted by atomic mass is 9.89. The van der Waals surface area contributed by atoms with E-state index in [4.69, 9.17) is 11.6 Å². The summed E-state index contributed by atoms with van der Waals surface area (Å²) in [6, 6.07) is 1.91. The van der Waals surface area contributed by atoms with Crippen molar-refractivity contribution in [2.75, 3.05) is 31.6 Å². The van der Waals surface area contributed by atoms with E-state index in [1.54, 1.807) is 13.0 Å². The van der Waals surface area contributed by atoms with Crippen LogP contribution in [0.4, 0.5) is 10.2 Å². The predicted molar refractivity (Wildman–Crippen MR) is 110 cm³/mol. The van der Waals surface area contributed by atoms with Gasteiger partial charge in [0.15, 0.2) is 0 Å². The number of anilines is 1. The van der Waals surface area contributed by atoms with Crippen molar-refractivity contribution in [1.29, 1.82) is 0 Å². The molecule has 1 saturated heterocycles. The zero-order valence-electron chi connectivity index (χ0n) is 16.4. The largest absolute Gasteiger partial charge is 0.461 e. The van der Waals surface area contributed by atoms with Gasteiger partial charge >= 0.3 is 5.97 Å². The summed E-state index contributed by atoms with van der Waals surface area (Å²) >= 11 is 6.32. The van der Waals surface area contributed by atoms with Gasteiger partial charge in [-0.15, -0.1) is 0 Å². The normalized spacial score (nSPS) is 21.7. The van der Waals surface area contributed by atoms with E-state index in [1.165, 1.54) is 44.8 Å². The average molecular weight is 410 g/mol. The summed E-state index contributed by atoms with van der Waals surface area (Å²) in [7, 11) is 0. The second-order valence-corrected chi connectivity index (χ2v) is 8.11. The molecule has 7 heteroatoms. The second kappa shape index (κ2) is 10.2. The SMILES string of the molecule is CCOC(=O)/C(F)=C/c1cnc(N[C@@H]2CCN(CC3CCCCC3)C2)c(Cl)c1. The van der Waals surface area contributed by atoms with Crippen molar-refractivity contribution in [3.63, 3.8) is 0 Å². The first kappa shape index (κ1) is 21.1. The van der Waals surface area contributed by atoms with Crippen LogP contribution in [0.3, 0.4) is 0 Å². The molecule has 1 aromatic heterocycles. The number of ether oxygens (including phenoxy) is 1. The first-order valence-corrected chi connectivity index (χ1v) is 10.6. The lowest BCUT2D eigenvalue weighted by molar-refractivity contribution is -0.140. The van der Waals surface area contributed by atoms with Crippen molar-refractivity contribution in [2.45, 2.75) is 51.5 Å². The molecule has 0 bridgehead atoms. The minimum atomic E-state index is -0.982. The van der Waals surface area contributed by atoms with Crippen molar-refractivity contribution in [1.82, 2.24) is 9.88 Å². The Morgan fingerprint density at radius 2 is 2.18 bits per heavy atom.